The van der Waals surface area contributed by atoms with Gasteiger partial charge in [0.25, 0.3) is 0 Å². The van der Waals surface area contributed by atoms with Crippen LogP contribution in [0.2, 0.25) is 0 Å². The van der Waals surface area contributed by atoms with Gasteiger partial charge in [-0.05, 0) is 46.4 Å². The highest BCUT2D eigenvalue weighted by Gasteiger charge is 2.22. The molecule has 0 atom stereocenters. The molecule has 0 aliphatic carbocycles. The third kappa shape index (κ3) is 5.38. The standard InChI is InChI=1S/C13H29N3O2S/c1-5-12-19(17,18)16(4)11-10-15(3)13-6-8-14(2)9-7-13/h13H,5-12H2,1-4H3. The topological polar surface area (TPSA) is 43.9 Å². The number of hydrogen-bond donors (Lipinski definition) is 0. The molecule has 19 heavy (non-hydrogen) atoms. The minimum absolute atomic E-state index is 0.251. The quantitative estimate of drug-likeness (QED) is 0.692. The van der Waals surface area contributed by atoms with Gasteiger partial charge in [0.05, 0.1) is 5.75 Å². The van der Waals surface area contributed by atoms with E-state index in [1.54, 1.807) is 7.05 Å². The third-order valence-electron chi connectivity index (χ3n) is 4.02. The van der Waals surface area contributed by atoms with Gasteiger partial charge in [0.1, 0.15) is 0 Å². The minimum Gasteiger partial charge on any atom is -0.306 e. The predicted octanol–water partition coefficient (Wildman–Crippen LogP) is 0.684. The average Bonchev–Trinajstić information content (AvgIpc) is 2.36. The monoisotopic (exact) mass is 291 g/mol. The maximum absolute atomic E-state index is 11.9. The van der Waals surface area contributed by atoms with Crippen molar-refractivity contribution in [1.29, 1.82) is 0 Å². The van der Waals surface area contributed by atoms with E-state index in [4.69, 9.17) is 0 Å². The van der Waals surface area contributed by atoms with Gasteiger partial charge in [-0.15, -0.1) is 0 Å². The van der Waals surface area contributed by atoms with Crippen molar-refractivity contribution < 1.29 is 8.42 Å². The van der Waals surface area contributed by atoms with E-state index in [1.165, 1.54) is 17.1 Å². The van der Waals surface area contributed by atoms with E-state index in [0.717, 1.165) is 19.6 Å². The zero-order chi connectivity index (χ0) is 14.5. The summed E-state index contributed by atoms with van der Waals surface area (Å²) in [5, 5.41) is 0. The van der Waals surface area contributed by atoms with Crippen molar-refractivity contribution in [3.8, 4) is 0 Å². The van der Waals surface area contributed by atoms with Gasteiger partial charge in [0, 0.05) is 26.2 Å². The molecule has 0 amide bonds. The SMILES string of the molecule is CCCS(=O)(=O)N(C)CCN(C)C1CCN(C)CC1. The van der Waals surface area contributed by atoms with E-state index in [2.05, 4.69) is 23.9 Å². The number of rotatable bonds is 7. The Kier molecular flexibility index (Phi) is 6.73. The summed E-state index contributed by atoms with van der Waals surface area (Å²) in [6, 6.07) is 0.596. The minimum atomic E-state index is -3.05. The highest BCUT2D eigenvalue weighted by Crippen LogP contribution is 2.14. The largest absolute Gasteiger partial charge is 0.306 e. The van der Waals surface area contributed by atoms with E-state index >= 15 is 0 Å². The molecule has 0 aromatic carbocycles. The van der Waals surface area contributed by atoms with E-state index in [9.17, 15) is 8.42 Å². The first-order chi connectivity index (χ1) is 8.86. The van der Waals surface area contributed by atoms with Gasteiger partial charge in [0.15, 0.2) is 0 Å². The molecule has 5 nitrogen and oxygen atoms in total. The maximum Gasteiger partial charge on any atom is 0.213 e. The molecule has 0 N–H and O–H groups in total. The summed E-state index contributed by atoms with van der Waals surface area (Å²) in [7, 11) is 2.90. The summed E-state index contributed by atoms with van der Waals surface area (Å²) in [5.74, 6) is 0.251. The zero-order valence-corrected chi connectivity index (χ0v) is 13.6. The molecule has 0 bridgehead atoms. The van der Waals surface area contributed by atoms with Crippen LogP contribution in [0, 0.1) is 0 Å². The Morgan fingerprint density at radius 3 is 2.26 bits per heavy atom. The Morgan fingerprint density at radius 2 is 1.74 bits per heavy atom. The normalized spacial score (nSPS) is 19.5. The first-order valence-corrected chi connectivity index (χ1v) is 8.80. The van der Waals surface area contributed by atoms with Crippen molar-refractivity contribution in [2.24, 2.45) is 0 Å². The number of hydrogen-bond acceptors (Lipinski definition) is 4. The van der Waals surface area contributed by atoms with Crippen molar-refractivity contribution >= 4 is 10.0 Å². The summed E-state index contributed by atoms with van der Waals surface area (Å²) in [4.78, 5) is 4.66. The number of likely N-dealkylation sites (tertiary alicyclic amines) is 1. The van der Waals surface area contributed by atoms with E-state index < -0.39 is 10.0 Å². The molecule has 1 saturated heterocycles. The van der Waals surface area contributed by atoms with Gasteiger partial charge < -0.3 is 9.80 Å². The molecule has 0 spiro atoms. The summed E-state index contributed by atoms with van der Waals surface area (Å²) in [6.45, 7) is 5.58. The van der Waals surface area contributed by atoms with Gasteiger partial charge in [0.2, 0.25) is 10.0 Å². The van der Waals surface area contributed by atoms with Crippen LogP contribution in [0.3, 0.4) is 0 Å². The number of nitrogens with zero attached hydrogens (tertiary/aromatic N) is 3. The molecule has 1 aliphatic rings. The average molecular weight is 291 g/mol. The van der Waals surface area contributed by atoms with Crippen molar-refractivity contribution in [1.82, 2.24) is 14.1 Å². The smallest absolute Gasteiger partial charge is 0.213 e. The second-order valence-corrected chi connectivity index (χ2v) is 7.85. The fraction of sp³-hybridized carbons (Fsp3) is 1.00. The lowest BCUT2D eigenvalue weighted by atomic mass is 10.0. The molecular weight excluding hydrogens is 262 g/mol. The third-order valence-corrected chi connectivity index (χ3v) is 6.07. The van der Waals surface area contributed by atoms with Crippen LogP contribution in [-0.4, -0.2) is 81.6 Å². The number of sulfonamides is 1. The van der Waals surface area contributed by atoms with Crippen LogP contribution in [-0.2, 0) is 10.0 Å². The molecular formula is C13H29N3O2S. The molecule has 0 unspecified atom stereocenters. The Labute approximate surface area is 118 Å². The molecule has 1 heterocycles. The van der Waals surface area contributed by atoms with Crippen LogP contribution in [0.1, 0.15) is 26.2 Å². The summed E-state index contributed by atoms with van der Waals surface area (Å²) in [6.07, 6.45) is 3.04. The second kappa shape index (κ2) is 7.57. The van der Waals surface area contributed by atoms with Gasteiger partial charge in [-0.25, -0.2) is 12.7 Å². The lowest BCUT2D eigenvalue weighted by Crippen LogP contribution is -2.45. The number of piperidine rings is 1. The number of likely N-dealkylation sites (N-methyl/N-ethyl adjacent to an activating group) is 2. The van der Waals surface area contributed by atoms with Crippen LogP contribution in [0.4, 0.5) is 0 Å². The fourth-order valence-corrected chi connectivity index (χ4v) is 3.66. The highest BCUT2D eigenvalue weighted by atomic mass is 32.2. The van der Waals surface area contributed by atoms with E-state index in [1.807, 2.05) is 6.92 Å². The molecule has 1 fully saturated rings. The van der Waals surface area contributed by atoms with E-state index in [0.29, 0.717) is 19.0 Å². The lowest BCUT2D eigenvalue weighted by molar-refractivity contribution is 0.141. The first kappa shape index (κ1) is 16.9. The highest BCUT2D eigenvalue weighted by molar-refractivity contribution is 7.89. The predicted molar refractivity (Wildman–Crippen MR) is 79.9 cm³/mol. The van der Waals surface area contributed by atoms with Gasteiger partial charge >= 0.3 is 0 Å². The van der Waals surface area contributed by atoms with Crippen LogP contribution < -0.4 is 0 Å². The molecule has 6 heteroatoms. The fourth-order valence-electron chi connectivity index (χ4n) is 2.47. The van der Waals surface area contributed by atoms with Crippen LogP contribution in [0.5, 0.6) is 0 Å². The van der Waals surface area contributed by atoms with E-state index in [-0.39, 0.29) is 5.75 Å². The molecule has 0 aromatic rings. The Morgan fingerprint density at radius 1 is 1.16 bits per heavy atom. The summed E-state index contributed by atoms with van der Waals surface area (Å²) < 4.78 is 25.2. The first-order valence-electron chi connectivity index (χ1n) is 7.19. The molecule has 1 aliphatic heterocycles. The van der Waals surface area contributed by atoms with Gasteiger partial charge in [-0.2, -0.15) is 0 Å². The molecule has 0 radical (unpaired) electrons. The second-order valence-electron chi connectivity index (χ2n) is 5.65. The van der Waals surface area contributed by atoms with Crippen molar-refractivity contribution in [2.45, 2.75) is 32.2 Å². The summed E-state index contributed by atoms with van der Waals surface area (Å²) >= 11 is 0. The Hall–Kier alpha value is -0.170. The molecule has 0 saturated carbocycles. The van der Waals surface area contributed by atoms with Crippen molar-refractivity contribution in [3.63, 3.8) is 0 Å². The van der Waals surface area contributed by atoms with Crippen LogP contribution >= 0.6 is 0 Å². The Balaban J connectivity index is 2.35. The Bertz CT molecular complexity index is 351. The van der Waals surface area contributed by atoms with Crippen LogP contribution in [0.25, 0.3) is 0 Å². The van der Waals surface area contributed by atoms with Crippen molar-refractivity contribution in [2.75, 3.05) is 53.1 Å². The zero-order valence-electron chi connectivity index (χ0n) is 12.8. The van der Waals surface area contributed by atoms with Gasteiger partial charge in [-0.1, -0.05) is 6.92 Å². The van der Waals surface area contributed by atoms with Crippen LogP contribution in [0.15, 0.2) is 0 Å². The van der Waals surface area contributed by atoms with Crippen molar-refractivity contribution in [3.05, 3.63) is 0 Å². The molecule has 114 valence electrons. The van der Waals surface area contributed by atoms with Gasteiger partial charge in [-0.3, -0.25) is 0 Å². The maximum atomic E-state index is 11.9. The molecule has 0 aromatic heterocycles. The summed E-state index contributed by atoms with van der Waals surface area (Å²) in [5.41, 5.74) is 0. The molecule has 1 rings (SSSR count). The lowest BCUT2D eigenvalue weighted by Gasteiger charge is -2.35.